The van der Waals surface area contributed by atoms with E-state index in [2.05, 4.69) is 51.4 Å². The van der Waals surface area contributed by atoms with Crippen molar-refractivity contribution in [3.05, 3.63) is 84.8 Å². The minimum atomic E-state index is 0.117. The molecule has 1 aliphatic rings. The predicted octanol–water partition coefficient (Wildman–Crippen LogP) is 4.69. The molecule has 0 spiro atoms. The Kier molecular flexibility index (Phi) is 6.75. The molecule has 0 unspecified atom stereocenters. The van der Waals surface area contributed by atoms with Crippen LogP contribution in [-0.4, -0.2) is 54.2 Å². The maximum atomic E-state index is 12.7. The lowest BCUT2D eigenvalue weighted by molar-refractivity contribution is -0.131. The molecule has 35 heavy (non-hydrogen) atoms. The minimum absolute atomic E-state index is 0.117. The Morgan fingerprint density at radius 2 is 1.51 bits per heavy atom. The molecule has 0 bridgehead atoms. The molecule has 0 radical (unpaired) electrons. The number of carbonyl (C=O) groups is 1. The van der Waals surface area contributed by atoms with Gasteiger partial charge in [0.1, 0.15) is 5.75 Å². The van der Waals surface area contributed by atoms with Gasteiger partial charge in [0.15, 0.2) is 0 Å². The number of benzene rings is 3. The van der Waals surface area contributed by atoms with E-state index >= 15 is 0 Å². The summed E-state index contributed by atoms with van der Waals surface area (Å²) < 4.78 is 10.6. The first-order chi connectivity index (χ1) is 17.2. The van der Waals surface area contributed by atoms with E-state index in [1.807, 2.05) is 47.4 Å². The van der Waals surface area contributed by atoms with Gasteiger partial charge in [0.25, 0.3) is 0 Å². The Bertz CT molecular complexity index is 1250. The Labute approximate surface area is 204 Å². The van der Waals surface area contributed by atoms with Crippen LogP contribution in [-0.2, 0) is 11.2 Å². The van der Waals surface area contributed by atoms with Crippen molar-refractivity contribution in [2.45, 2.75) is 12.8 Å². The molecule has 178 valence electrons. The highest BCUT2D eigenvalue weighted by Crippen LogP contribution is 2.24. The summed E-state index contributed by atoms with van der Waals surface area (Å²) in [5.74, 6) is 1.99. The van der Waals surface area contributed by atoms with E-state index in [4.69, 9.17) is 9.26 Å². The molecule has 1 fully saturated rings. The fourth-order valence-electron chi connectivity index (χ4n) is 4.30. The van der Waals surface area contributed by atoms with Crippen molar-refractivity contribution in [2.24, 2.45) is 0 Å². The summed E-state index contributed by atoms with van der Waals surface area (Å²) in [7, 11) is 1.66. The molecule has 0 N–H and O–H groups in total. The third-order valence-electron chi connectivity index (χ3n) is 6.34. The highest BCUT2D eigenvalue weighted by atomic mass is 16.5. The first kappa shape index (κ1) is 22.7. The van der Waals surface area contributed by atoms with Gasteiger partial charge in [0, 0.05) is 50.3 Å². The number of carbonyl (C=O) groups excluding carboxylic acids is 1. The van der Waals surface area contributed by atoms with Gasteiger partial charge in [-0.2, -0.15) is 4.98 Å². The van der Waals surface area contributed by atoms with Crippen LogP contribution in [0.2, 0.25) is 0 Å². The van der Waals surface area contributed by atoms with Gasteiger partial charge in [-0.3, -0.25) is 4.79 Å². The zero-order valence-corrected chi connectivity index (χ0v) is 19.8. The summed E-state index contributed by atoms with van der Waals surface area (Å²) in [4.78, 5) is 21.5. The Morgan fingerprint density at radius 1 is 0.857 bits per heavy atom. The quantitative estimate of drug-likeness (QED) is 0.392. The normalized spacial score (nSPS) is 13.6. The van der Waals surface area contributed by atoms with E-state index < -0.39 is 0 Å². The van der Waals surface area contributed by atoms with Crippen LogP contribution in [0.25, 0.3) is 22.5 Å². The van der Waals surface area contributed by atoms with Crippen molar-refractivity contribution >= 4 is 11.6 Å². The third-order valence-corrected chi connectivity index (χ3v) is 6.34. The van der Waals surface area contributed by atoms with Crippen LogP contribution >= 0.6 is 0 Å². The van der Waals surface area contributed by atoms with E-state index in [0.717, 1.165) is 41.2 Å². The average Bonchev–Trinajstić information content (AvgIpc) is 3.42. The van der Waals surface area contributed by atoms with Crippen LogP contribution in [0.3, 0.4) is 0 Å². The lowest BCUT2D eigenvalue weighted by atomic mass is 10.0. The van der Waals surface area contributed by atoms with Gasteiger partial charge >= 0.3 is 0 Å². The van der Waals surface area contributed by atoms with Crippen LogP contribution < -0.4 is 9.64 Å². The van der Waals surface area contributed by atoms with Crippen LogP contribution in [0.15, 0.2) is 83.4 Å². The first-order valence-corrected chi connectivity index (χ1v) is 11.8. The van der Waals surface area contributed by atoms with E-state index in [9.17, 15) is 4.79 Å². The number of amides is 1. The van der Waals surface area contributed by atoms with Crippen molar-refractivity contribution in [2.75, 3.05) is 38.2 Å². The fraction of sp³-hybridized carbons (Fsp3) is 0.250. The lowest BCUT2D eigenvalue weighted by Crippen LogP contribution is -2.48. The van der Waals surface area contributed by atoms with Gasteiger partial charge in [-0.15, -0.1) is 0 Å². The SMILES string of the molecule is COc1ccc(N2CCN(C(=O)CCc3nc(-c4ccc(-c5ccccc5)cc4)no3)CC2)cc1. The Hall–Kier alpha value is -4.13. The number of piperazine rings is 1. The van der Waals surface area contributed by atoms with Gasteiger partial charge < -0.3 is 19.1 Å². The molecule has 1 aromatic heterocycles. The Morgan fingerprint density at radius 3 is 2.20 bits per heavy atom. The van der Waals surface area contributed by atoms with Gasteiger partial charge in [-0.25, -0.2) is 0 Å². The minimum Gasteiger partial charge on any atom is -0.497 e. The number of anilines is 1. The van der Waals surface area contributed by atoms with E-state index in [1.165, 1.54) is 0 Å². The molecule has 1 saturated heterocycles. The third kappa shape index (κ3) is 5.35. The number of hydrogen-bond acceptors (Lipinski definition) is 6. The number of methoxy groups -OCH3 is 1. The molecule has 0 aliphatic carbocycles. The molecule has 0 atom stereocenters. The second kappa shape index (κ2) is 10.4. The number of ether oxygens (including phenoxy) is 1. The van der Waals surface area contributed by atoms with Crippen LogP contribution in [0.4, 0.5) is 5.69 Å². The Balaban J connectivity index is 1.12. The standard InChI is InChI=1S/C28H28N4O3/c1-34-25-13-11-24(12-14-25)31-17-19-32(20-18-31)27(33)16-15-26-29-28(30-35-26)23-9-7-22(8-10-23)21-5-3-2-4-6-21/h2-14H,15-20H2,1H3. The van der Waals surface area contributed by atoms with E-state index in [1.54, 1.807) is 7.11 Å². The average molecular weight is 469 g/mol. The summed E-state index contributed by atoms with van der Waals surface area (Å²) in [5.41, 5.74) is 4.33. The number of hydrogen-bond donors (Lipinski definition) is 0. The van der Waals surface area contributed by atoms with E-state index in [-0.39, 0.29) is 5.91 Å². The van der Waals surface area contributed by atoms with Gasteiger partial charge in [-0.1, -0.05) is 59.8 Å². The fourth-order valence-corrected chi connectivity index (χ4v) is 4.30. The van der Waals surface area contributed by atoms with Crippen molar-refractivity contribution in [3.8, 4) is 28.3 Å². The first-order valence-electron chi connectivity index (χ1n) is 11.8. The smallest absolute Gasteiger partial charge is 0.227 e. The molecular formula is C28H28N4O3. The molecule has 0 saturated carbocycles. The predicted molar refractivity (Wildman–Crippen MR) is 135 cm³/mol. The molecule has 7 nitrogen and oxygen atoms in total. The molecule has 7 heteroatoms. The summed E-state index contributed by atoms with van der Waals surface area (Å²) in [5, 5.41) is 4.11. The summed E-state index contributed by atoms with van der Waals surface area (Å²) >= 11 is 0. The van der Waals surface area contributed by atoms with E-state index in [0.29, 0.717) is 37.6 Å². The lowest BCUT2D eigenvalue weighted by Gasteiger charge is -2.36. The maximum absolute atomic E-state index is 12.7. The second-order valence-electron chi connectivity index (χ2n) is 8.52. The molecule has 3 aromatic carbocycles. The van der Waals surface area contributed by atoms with Crippen molar-refractivity contribution in [1.82, 2.24) is 15.0 Å². The van der Waals surface area contributed by atoms with Gasteiger partial charge in [0.05, 0.1) is 7.11 Å². The van der Waals surface area contributed by atoms with Crippen LogP contribution in [0.5, 0.6) is 5.75 Å². The highest BCUT2D eigenvalue weighted by Gasteiger charge is 2.22. The number of aromatic nitrogens is 2. The zero-order valence-electron chi connectivity index (χ0n) is 19.8. The molecule has 4 aromatic rings. The van der Waals surface area contributed by atoms with Crippen molar-refractivity contribution in [3.63, 3.8) is 0 Å². The number of nitrogens with zero attached hydrogens (tertiary/aromatic N) is 4. The summed E-state index contributed by atoms with van der Waals surface area (Å²) in [6, 6.07) is 26.3. The number of rotatable bonds is 7. The molecule has 1 aliphatic heterocycles. The molecular weight excluding hydrogens is 440 g/mol. The molecule has 1 amide bonds. The van der Waals surface area contributed by atoms with Crippen molar-refractivity contribution in [1.29, 1.82) is 0 Å². The second-order valence-corrected chi connectivity index (χ2v) is 8.52. The largest absolute Gasteiger partial charge is 0.497 e. The van der Waals surface area contributed by atoms with Gasteiger partial charge in [0.2, 0.25) is 17.6 Å². The monoisotopic (exact) mass is 468 g/mol. The topological polar surface area (TPSA) is 71.7 Å². The van der Waals surface area contributed by atoms with Crippen molar-refractivity contribution < 1.29 is 14.1 Å². The van der Waals surface area contributed by atoms with Crippen LogP contribution in [0, 0.1) is 0 Å². The zero-order chi connectivity index (χ0) is 24.0. The molecule has 2 heterocycles. The maximum Gasteiger partial charge on any atom is 0.227 e. The summed E-state index contributed by atoms with van der Waals surface area (Å²) in [6.07, 6.45) is 0.795. The number of aryl methyl sites for hydroxylation is 1. The highest BCUT2D eigenvalue weighted by molar-refractivity contribution is 5.76. The van der Waals surface area contributed by atoms with Crippen LogP contribution in [0.1, 0.15) is 12.3 Å². The summed E-state index contributed by atoms with van der Waals surface area (Å²) in [6.45, 7) is 3.02. The van der Waals surface area contributed by atoms with Gasteiger partial charge in [-0.05, 0) is 35.4 Å². The molecule has 5 rings (SSSR count).